The first-order valence-corrected chi connectivity index (χ1v) is 18.3. The maximum absolute atomic E-state index is 6.53. The summed E-state index contributed by atoms with van der Waals surface area (Å²) in [6.45, 7) is 16.7. The van der Waals surface area contributed by atoms with Gasteiger partial charge in [-0.2, -0.15) is 18.8 Å². The van der Waals surface area contributed by atoms with Crippen LogP contribution in [0.4, 0.5) is 22.7 Å². The smallest absolute Gasteiger partial charge is 0.137 e. The molecule has 54 heavy (non-hydrogen) atoms. The number of para-hydroxylation sites is 3. The Labute approximate surface area is 334 Å². The normalized spacial score (nSPS) is 13.0. The van der Waals surface area contributed by atoms with Gasteiger partial charge in [0.1, 0.15) is 5.82 Å². The number of hydrogen-bond donors (Lipinski definition) is 0. The van der Waals surface area contributed by atoms with Crippen LogP contribution in [-0.2, 0) is 38.4 Å². The third kappa shape index (κ3) is 7.12. The molecule has 1 aliphatic heterocycles. The number of aromatic nitrogens is 2. The van der Waals surface area contributed by atoms with Gasteiger partial charge in [0.15, 0.2) is 0 Å². The zero-order valence-electron chi connectivity index (χ0n) is 32.2. The molecule has 0 fully saturated rings. The molecule has 7 aromatic rings. The first-order chi connectivity index (χ1) is 25.3. The average Bonchev–Trinajstić information content (AvgIpc) is 3.66. The SMILES string of the molecule is CN(C)c1ccnc(-n2c3[c-]c(Oc4[c-]c(N5[CH-]N(Cc6cc(C(C)(C)C)cc(C(C)(C)C)c6)c6ccccc65)ccc4)ccc3c3ccccc32)c1.[Pt]. The molecule has 8 rings (SSSR count). The molecule has 0 bridgehead atoms. The molecule has 278 valence electrons. The van der Waals surface area contributed by atoms with Crippen molar-refractivity contribution in [2.75, 3.05) is 28.8 Å². The van der Waals surface area contributed by atoms with Crippen molar-refractivity contribution in [3.63, 3.8) is 0 Å². The van der Waals surface area contributed by atoms with Gasteiger partial charge < -0.3 is 24.0 Å². The topological polar surface area (TPSA) is 36.8 Å². The van der Waals surface area contributed by atoms with Crippen molar-refractivity contribution >= 4 is 44.6 Å². The second-order valence-electron chi connectivity index (χ2n) is 16.2. The van der Waals surface area contributed by atoms with Crippen LogP contribution in [0.3, 0.4) is 0 Å². The molecule has 5 aromatic carbocycles. The van der Waals surface area contributed by atoms with Gasteiger partial charge >= 0.3 is 0 Å². The molecule has 0 radical (unpaired) electrons. The molecule has 0 aliphatic carbocycles. The molecular weight excluding hydrogens is 846 g/mol. The van der Waals surface area contributed by atoms with Gasteiger partial charge in [0.2, 0.25) is 0 Å². The summed E-state index contributed by atoms with van der Waals surface area (Å²) >= 11 is 0. The first kappa shape index (κ1) is 37.3. The third-order valence-electron chi connectivity index (χ3n) is 10.0. The van der Waals surface area contributed by atoms with E-state index in [9.17, 15) is 0 Å². The monoisotopic (exact) mass is 891 g/mol. The van der Waals surface area contributed by atoms with Crippen LogP contribution in [0.1, 0.15) is 58.2 Å². The second-order valence-corrected chi connectivity index (χ2v) is 16.2. The summed E-state index contributed by atoms with van der Waals surface area (Å²) in [6.07, 6.45) is 1.85. The summed E-state index contributed by atoms with van der Waals surface area (Å²) in [5.74, 6) is 2.06. The van der Waals surface area contributed by atoms with E-state index in [0.29, 0.717) is 11.5 Å². The molecule has 0 saturated heterocycles. The molecule has 0 atom stereocenters. The van der Waals surface area contributed by atoms with Crippen molar-refractivity contribution in [2.24, 2.45) is 0 Å². The van der Waals surface area contributed by atoms with E-state index in [0.717, 1.165) is 56.9 Å². The maximum Gasteiger partial charge on any atom is 0.137 e. The Balaban J connectivity index is 0.00000450. The van der Waals surface area contributed by atoms with Gasteiger partial charge in [0.05, 0.1) is 0 Å². The molecule has 6 nitrogen and oxygen atoms in total. The van der Waals surface area contributed by atoms with Crippen LogP contribution in [0, 0.1) is 18.8 Å². The fourth-order valence-electron chi connectivity index (χ4n) is 7.07. The van der Waals surface area contributed by atoms with Crippen molar-refractivity contribution in [1.29, 1.82) is 0 Å². The van der Waals surface area contributed by atoms with E-state index in [2.05, 4.69) is 165 Å². The van der Waals surface area contributed by atoms with Crippen LogP contribution in [0.15, 0.2) is 115 Å². The van der Waals surface area contributed by atoms with Crippen LogP contribution in [0.5, 0.6) is 11.5 Å². The average molecular weight is 892 g/mol. The van der Waals surface area contributed by atoms with E-state index in [1.54, 1.807) is 0 Å². The number of pyridine rings is 1. The zero-order valence-corrected chi connectivity index (χ0v) is 34.5. The molecule has 0 amide bonds. The second kappa shape index (κ2) is 14.3. The van der Waals surface area contributed by atoms with Gasteiger partial charge in [-0.05, 0) is 57.2 Å². The van der Waals surface area contributed by atoms with Crippen LogP contribution in [-0.4, -0.2) is 23.6 Å². The Morgan fingerprint density at radius 2 is 1.39 bits per heavy atom. The summed E-state index contributed by atoms with van der Waals surface area (Å²) in [6, 6.07) is 45.5. The van der Waals surface area contributed by atoms with Crippen LogP contribution in [0.2, 0.25) is 0 Å². The van der Waals surface area contributed by atoms with Crippen molar-refractivity contribution < 1.29 is 25.8 Å². The van der Waals surface area contributed by atoms with E-state index in [1.807, 2.05) is 44.6 Å². The van der Waals surface area contributed by atoms with Crippen molar-refractivity contribution in [3.8, 4) is 17.3 Å². The Hall–Kier alpha value is -5.06. The number of benzene rings is 5. The van der Waals surface area contributed by atoms with Crippen molar-refractivity contribution in [2.45, 2.75) is 58.9 Å². The van der Waals surface area contributed by atoms with Gasteiger partial charge in [0.25, 0.3) is 0 Å². The fraction of sp³-hybridized carbons (Fsp3) is 0.234. The number of ether oxygens (including phenoxy) is 1. The molecule has 2 aromatic heterocycles. The molecule has 3 heterocycles. The van der Waals surface area contributed by atoms with Gasteiger partial charge in [0, 0.05) is 88.0 Å². The Morgan fingerprint density at radius 3 is 2.11 bits per heavy atom. The van der Waals surface area contributed by atoms with E-state index < -0.39 is 0 Å². The summed E-state index contributed by atoms with van der Waals surface area (Å²) < 4.78 is 8.69. The van der Waals surface area contributed by atoms with E-state index in [1.165, 1.54) is 16.7 Å². The van der Waals surface area contributed by atoms with E-state index in [-0.39, 0.29) is 31.9 Å². The number of fused-ring (bicyclic) bond motifs is 4. The molecule has 0 saturated carbocycles. The Kier molecular flexibility index (Phi) is 9.87. The van der Waals surface area contributed by atoms with Gasteiger partial charge in [-0.3, -0.25) is 0 Å². The molecule has 0 unspecified atom stereocenters. The van der Waals surface area contributed by atoms with E-state index in [4.69, 9.17) is 9.72 Å². The van der Waals surface area contributed by atoms with Crippen molar-refractivity contribution in [3.05, 3.63) is 151 Å². The number of nitrogens with zero attached hydrogens (tertiary/aromatic N) is 5. The third-order valence-corrected chi connectivity index (χ3v) is 10.0. The Morgan fingerprint density at radius 1 is 0.704 bits per heavy atom. The molecule has 1 aliphatic rings. The Bertz CT molecular complexity index is 2440. The predicted octanol–water partition coefficient (Wildman–Crippen LogP) is 11.5. The van der Waals surface area contributed by atoms with Crippen LogP contribution in [0.25, 0.3) is 27.6 Å². The summed E-state index contributed by atoms with van der Waals surface area (Å²) in [5, 5.41) is 2.23. The minimum atomic E-state index is 0. The predicted molar refractivity (Wildman–Crippen MR) is 220 cm³/mol. The quantitative estimate of drug-likeness (QED) is 0.149. The summed E-state index contributed by atoms with van der Waals surface area (Å²) in [4.78, 5) is 11.4. The van der Waals surface area contributed by atoms with Crippen LogP contribution >= 0.6 is 0 Å². The fourth-order valence-corrected chi connectivity index (χ4v) is 7.07. The minimum Gasteiger partial charge on any atom is -0.509 e. The number of anilines is 4. The largest absolute Gasteiger partial charge is 0.509 e. The van der Waals surface area contributed by atoms with Gasteiger partial charge in [-0.15, -0.1) is 41.4 Å². The molecule has 7 heteroatoms. The minimum absolute atomic E-state index is 0. The molecule has 0 spiro atoms. The van der Waals surface area contributed by atoms with E-state index >= 15 is 0 Å². The standard InChI is InChI=1S/C47H46N5O.Pt/c1-46(2,3)33-24-32(25-34(26-33)47(4,5)6)30-50-31-51(43-19-12-11-18-42(43)50)36-14-13-15-37(27-36)53-38-20-21-40-39-16-9-10-17-41(39)52(44(40)29-38)45-28-35(49(7)8)22-23-48-45;/h9-26,28,31H,30H2,1-8H3;/q-3;. The molecular formula is C47H46N5OPt-3. The van der Waals surface area contributed by atoms with Gasteiger partial charge in [-0.25, -0.2) is 4.98 Å². The zero-order chi connectivity index (χ0) is 37.1. The molecule has 0 N–H and O–H groups in total. The maximum atomic E-state index is 6.53. The number of rotatable bonds is 7. The van der Waals surface area contributed by atoms with Crippen molar-refractivity contribution in [1.82, 2.24) is 9.55 Å². The first-order valence-electron chi connectivity index (χ1n) is 18.3. The number of hydrogen-bond acceptors (Lipinski definition) is 5. The van der Waals surface area contributed by atoms with Gasteiger partial charge in [-0.1, -0.05) is 95.6 Å². The summed E-state index contributed by atoms with van der Waals surface area (Å²) in [5.41, 5.74) is 10.3. The summed E-state index contributed by atoms with van der Waals surface area (Å²) in [7, 11) is 4.08. The van der Waals surface area contributed by atoms with Crippen LogP contribution < -0.4 is 19.4 Å².